The third kappa shape index (κ3) is 8.38. The normalized spacial score (nSPS) is 12.7. The number of fused-ring (bicyclic) bond motifs is 1. The van der Waals surface area contributed by atoms with Crippen LogP contribution in [0.1, 0.15) is 18.4 Å². The van der Waals surface area contributed by atoms with Crippen LogP contribution in [0.25, 0.3) is 11.0 Å². The number of nitrogens with one attached hydrogen (secondary N) is 1. The third-order valence-electron chi connectivity index (χ3n) is 5.69. The fourth-order valence-electron chi connectivity index (χ4n) is 3.56. The average molecular weight is 612 g/mol. The topological polar surface area (TPSA) is 68.5 Å². The quantitative estimate of drug-likeness (QED) is 0.0953. The van der Waals surface area contributed by atoms with Crippen molar-refractivity contribution >= 4 is 42.0 Å². The second kappa shape index (κ2) is 12.4. The van der Waals surface area contributed by atoms with Gasteiger partial charge in [0.2, 0.25) is 0 Å². The number of anilines is 1. The van der Waals surface area contributed by atoms with E-state index in [0.717, 1.165) is 41.2 Å². The Kier molecular flexibility index (Phi) is 9.85. The van der Waals surface area contributed by atoms with Gasteiger partial charge in [-0.15, -0.1) is 0 Å². The molecule has 2 heterocycles. The fraction of sp³-hybridized carbons (Fsp3) is 0.440. The monoisotopic (exact) mass is 611 g/mol. The highest BCUT2D eigenvalue weighted by Crippen LogP contribution is 2.42. The predicted molar refractivity (Wildman–Crippen MR) is 143 cm³/mol. The first-order chi connectivity index (χ1) is 18.5. The zero-order valence-electron chi connectivity index (χ0n) is 21.8. The molecule has 0 atom stereocenters. The molecule has 220 valence electrons. The molecule has 2 N–H and O–H groups in total. The Balaban J connectivity index is 1.87. The molecule has 2 aromatic heterocycles. The largest absolute Gasteiger partial charge is 0.450 e. The summed E-state index contributed by atoms with van der Waals surface area (Å²) in [5.74, 6) is -7.40. The van der Waals surface area contributed by atoms with Crippen molar-refractivity contribution in [3.05, 3.63) is 47.8 Å². The van der Waals surface area contributed by atoms with Gasteiger partial charge in [0.1, 0.15) is 24.7 Å². The number of hydrogen-bond acceptors (Lipinski definition) is 5. The summed E-state index contributed by atoms with van der Waals surface area (Å²) in [4.78, 5) is 3.84. The first kappa shape index (κ1) is 31.8. The zero-order valence-corrected chi connectivity index (χ0v) is 23.7. The molecular formula is C25H28F7N3O3SSi. The molecular weight excluding hydrogens is 583 g/mol. The number of alkyl halides is 5. The van der Waals surface area contributed by atoms with E-state index in [1.54, 1.807) is 0 Å². The number of thiocarbonyl (C=S) groups is 1. The van der Waals surface area contributed by atoms with Crippen LogP contribution in [0.15, 0.2) is 30.6 Å². The second-order valence-electron chi connectivity index (χ2n) is 10.3. The van der Waals surface area contributed by atoms with Crippen LogP contribution in [0.3, 0.4) is 0 Å². The van der Waals surface area contributed by atoms with Crippen molar-refractivity contribution in [2.24, 2.45) is 0 Å². The van der Waals surface area contributed by atoms with Crippen LogP contribution in [0.2, 0.25) is 25.7 Å². The van der Waals surface area contributed by atoms with Gasteiger partial charge in [-0.3, -0.25) is 0 Å². The summed E-state index contributed by atoms with van der Waals surface area (Å²) in [7, 11) is -1.44. The maximum atomic E-state index is 14.9. The Morgan fingerprint density at radius 3 is 2.35 bits per heavy atom. The maximum Gasteiger partial charge on any atom is 0.418 e. The fourth-order valence-corrected chi connectivity index (χ4v) is 4.54. The minimum atomic E-state index is -4.84. The van der Waals surface area contributed by atoms with Gasteiger partial charge in [-0.1, -0.05) is 31.9 Å². The smallest absolute Gasteiger partial charge is 0.418 e. The van der Waals surface area contributed by atoms with E-state index < -0.39 is 67.3 Å². The van der Waals surface area contributed by atoms with Gasteiger partial charge in [0.05, 0.1) is 15.9 Å². The number of benzene rings is 1. The van der Waals surface area contributed by atoms with E-state index in [2.05, 4.69) is 29.9 Å². The molecule has 0 aliphatic carbocycles. The number of aromatic nitrogens is 2. The van der Waals surface area contributed by atoms with Gasteiger partial charge < -0.3 is 24.5 Å². The maximum absolute atomic E-state index is 14.9. The Morgan fingerprint density at radius 2 is 1.77 bits per heavy atom. The van der Waals surface area contributed by atoms with Crippen LogP contribution >= 0.6 is 12.2 Å². The lowest BCUT2D eigenvalue weighted by Crippen LogP contribution is -2.23. The molecule has 0 saturated carbocycles. The minimum Gasteiger partial charge on any atom is -0.450 e. The standard InChI is InChI=1S/C25H28F7N3O3SSi/c1-40(2,3)9-8-37-14-35-12-16(25(30,31)32)21-19(5-7-33-23(21)35)38-22-17(26)10-15(11-18(22)27)34-20(39)4-6-24(28,29)13-36/h5,7,10-12,36H,4,6,8-9,13-14H2,1-3H3,(H,34,39). The molecule has 0 amide bonds. The van der Waals surface area contributed by atoms with Crippen LogP contribution in [0.4, 0.5) is 36.4 Å². The summed E-state index contributed by atoms with van der Waals surface area (Å²) in [5, 5.41) is 10.5. The first-order valence-electron chi connectivity index (χ1n) is 12.1. The van der Waals surface area contributed by atoms with Crippen molar-refractivity contribution in [3.63, 3.8) is 0 Å². The van der Waals surface area contributed by atoms with Gasteiger partial charge in [-0.2, -0.15) is 13.2 Å². The molecule has 0 bridgehead atoms. The lowest BCUT2D eigenvalue weighted by molar-refractivity contribution is -0.136. The van der Waals surface area contributed by atoms with E-state index in [1.165, 1.54) is 0 Å². The number of pyridine rings is 1. The van der Waals surface area contributed by atoms with Crippen molar-refractivity contribution < 1.29 is 45.3 Å². The number of nitrogens with zero attached hydrogens (tertiary/aromatic N) is 2. The number of aliphatic hydroxyl groups is 1. The summed E-state index contributed by atoms with van der Waals surface area (Å²) < 4.78 is 110. The van der Waals surface area contributed by atoms with E-state index >= 15 is 0 Å². The van der Waals surface area contributed by atoms with Crippen molar-refractivity contribution in [2.45, 2.75) is 57.4 Å². The third-order valence-corrected chi connectivity index (χ3v) is 7.70. The SMILES string of the molecule is C[Si](C)(C)CCOCn1cc(C(F)(F)F)c2c(Oc3c(F)cc(NC(=S)CCC(F)(F)CO)cc3F)ccnc21. The molecule has 15 heteroatoms. The minimum absolute atomic E-state index is 0.151. The highest BCUT2D eigenvalue weighted by atomic mass is 32.1. The molecule has 1 aromatic carbocycles. The summed E-state index contributed by atoms with van der Waals surface area (Å²) >= 11 is 4.91. The van der Waals surface area contributed by atoms with Crippen molar-refractivity contribution in [2.75, 3.05) is 18.5 Å². The van der Waals surface area contributed by atoms with Crippen LogP contribution in [0, 0.1) is 11.6 Å². The summed E-state index contributed by atoms with van der Waals surface area (Å²) in [6.07, 6.45) is -4.05. The Bertz CT molecular complexity index is 1340. The molecule has 6 nitrogen and oxygen atoms in total. The van der Waals surface area contributed by atoms with Crippen molar-refractivity contribution in [1.29, 1.82) is 0 Å². The molecule has 3 rings (SSSR count). The number of aliphatic hydroxyl groups excluding tert-OH is 1. The lowest BCUT2D eigenvalue weighted by Gasteiger charge is -2.16. The van der Waals surface area contributed by atoms with Gasteiger partial charge >= 0.3 is 6.18 Å². The molecule has 0 radical (unpaired) electrons. The highest BCUT2D eigenvalue weighted by molar-refractivity contribution is 7.80. The van der Waals surface area contributed by atoms with Crippen molar-refractivity contribution in [3.8, 4) is 11.5 Å². The van der Waals surface area contributed by atoms with Crippen LogP contribution in [-0.4, -0.2) is 46.9 Å². The Labute approximate surface area is 232 Å². The Hall–Kier alpha value is -2.75. The molecule has 40 heavy (non-hydrogen) atoms. The molecule has 0 spiro atoms. The molecule has 3 aromatic rings. The molecule has 0 unspecified atom stereocenters. The molecule has 0 aliphatic heterocycles. The van der Waals surface area contributed by atoms with Crippen LogP contribution < -0.4 is 10.1 Å². The second-order valence-corrected chi connectivity index (χ2v) is 16.4. The van der Waals surface area contributed by atoms with Gasteiger partial charge in [0.25, 0.3) is 5.92 Å². The number of ether oxygens (including phenoxy) is 2. The first-order valence-corrected chi connectivity index (χ1v) is 16.2. The molecule has 0 aliphatic rings. The zero-order chi connectivity index (χ0) is 29.9. The average Bonchev–Trinajstić information content (AvgIpc) is 3.22. The number of rotatable bonds is 12. The van der Waals surface area contributed by atoms with Crippen LogP contribution in [-0.2, 0) is 17.6 Å². The highest BCUT2D eigenvalue weighted by Gasteiger charge is 2.37. The van der Waals surface area contributed by atoms with E-state index in [0.29, 0.717) is 6.61 Å². The van der Waals surface area contributed by atoms with Gasteiger partial charge in [0, 0.05) is 57.7 Å². The lowest BCUT2D eigenvalue weighted by atomic mass is 10.2. The van der Waals surface area contributed by atoms with E-state index in [-0.39, 0.29) is 29.5 Å². The van der Waals surface area contributed by atoms with Gasteiger partial charge in [-0.05, 0) is 12.1 Å². The van der Waals surface area contributed by atoms with Crippen molar-refractivity contribution in [1.82, 2.24) is 9.55 Å². The summed E-state index contributed by atoms with van der Waals surface area (Å²) in [5.41, 5.74) is -1.50. The van der Waals surface area contributed by atoms with Gasteiger partial charge in [0.15, 0.2) is 17.4 Å². The van der Waals surface area contributed by atoms with Crippen LogP contribution in [0.5, 0.6) is 11.5 Å². The van der Waals surface area contributed by atoms with E-state index in [9.17, 15) is 30.7 Å². The molecule has 0 fully saturated rings. The van der Waals surface area contributed by atoms with E-state index in [1.807, 2.05) is 0 Å². The van der Waals surface area contributed by atoms with Gasteiger partial charge in [-0.25, -0.2) is 22.5 Å². The number of hydrogen-bond donors (Lipinski definition) is 2. The predicted octanol–water partition coefficient (Wildman–Crippen LogP) is 7.59. The van der Waals surface area contributed by atoms with E-state index in [4.69, 9.17) is 26.8 Å². The molecule has 0 saturated heterocycles. The number of halogens is 7. The summed E-state index contributed by atoms with van der Waals surface area (Å²) in [6.45, 7) is 5.13. The Morgan fingerprint density at radius 1 is 1.12 bits per heavy atom. The summed E-state index contributed by atoms with van der Waals surface area (Å²) in [6, 6.07) is 3.36.